The number of amides is 1. The van der Waals surface area contributed by atoms with E-state index in [1.807, 2.05) is 13.0 Å². The summed E-state index contributed by atoms with van der Waals surface area (Å²) < 4.78 is 5.19. The molecule has 5 nitrogen and oxygen atoms in total. The molecule has 0 aromatic carbocycles. The molecule has 1 heterocycles. The van der Waals surface area contributed by atoms with E-state index in [-0.39, 0.29) is 5.91 Å². The molecule has 94 valence electrons. The molecule has 1 aliphatic carbocycles. The minimum Gasteiger partial charge on any atom is -0.382 e. The quantitative estimate of drug-likeness (QED) is 0.705. The Labute approximate surface area is 101 Å². The Kier molecular flexibility index (Phi) is 4.14. The zero-order valence-electron chi connectivity index (χ0n) is 10.2. The summed E-state index contributed by atoms with van der Waals surface area (Å²) >= 11 is 0. The number of carbonyl (C=O) groups excluding carboxylic acids is 1. The summed E-state index contributed by atoms with van der Waals surface area (Å²) in [6.45, 7) is 3.99. The van der Waals surface area contributed by atoms with E-state index in [1.165, 1.54) is 12.8 Å². The molecule has 1 saturated carbocycles. The second-order valence-electron chi connectivity index (χ2n) is 4.29. The van der Waals surface area contributed by atoms with Crippen molar-refractivity contribution in [1.82, 2.24) is 15.5 Å². The highest BCUT2D eigenvalue weighted by Crippen LogP contribution is 2.38. The van der Waals surface area contributed by atoms with E-state index in [2.05, 4.69) is 15.5 Å². The van der Waals surface area contributed by atoms with E-state index < -0.39 is 0 Å². The Bertz CT molecular complexity index is 372. The van der Waals surface area contributed by atoms with Crippen LogP contribution in [0.1, 0.15) is 48.3 Å². The van der Waals surface area contributed by atoms with Crippen molar-refractivity contribution in [3.05, 3.63) is 17.5 Å². The first-order valence-corrected chi connectivity index (χ1v) is 6.22. The molecule has 0 aliphatic heterocycles. The Morgan fingerprint density at radius 1 is 1.65 bits per heavy atom. The predicted molar refractivity (Wildman–Crippen MR) is 64.0 cm³/mol. The fourth-order valence-corrected chi connectivity index (χ4v) is 1.67. The molecule has 0 radical (unpaired) electrons. The minimum atomic E-state index is -0.107. The molecule has 0 saturated heterocycles. The van der Waals surface area contributed by atoms with Gasteiger partial charge in [0.2, 0.25) is 0 Å². The van der Waals surface area contributed by atoms with Gasteiger partial charge in [-0.15, -0.1) is 0 Å². The van der Waals surface area contributed by atoms with Gasteiger partial charge < -0.3 is 10.1 Å². The molecule has 2 N–H and O–H groups in total. The van der Waals surface area contributed by atoms with Gasteiger partial charge in [0, 0.05) is 31.4 Å². The SMILES string of the molecule is CCOCCCNC(=O)c1cc(C2CC2)[nH]n1. The molecule has 0 atom stereocenters. The number of rotatable bonds is 7. The normalized spacial score (nSPS) is 14.9. The van der Waals surface area contributed by atoms with Crippen molar-refractivity contribution in [3.8, 4) is 0 Å². The number of hydrogen-bond acceptors (Lipinski definition) is 3. The zero-order chi connectivity index (χ0) is 12.1. The van der Waals surface area contributed by atoms with Gasteiger partial charge in [-0.25, -0.2) is 0 Å². The summed E-state index contributed by atoms with van der Waals surface area (Å²) in [6, 6.07) is 1.86. The fourth-order valence-electron chi connectivity index (χ4n) is 1.67. The van der Waals surface area contributed by atoms with Crippen molar-refractivity contribution in [1.29, 1.82) is 0 Å². The molecule has 5 heteroatoms. The number of ether oxygens (including phenoxy) is 1. The highest BCUT2D eigenvalue weighted by molar-refractivity contribution is 5.92. The van der Waals surface area contributed by atoms with Gasteiger partial charge in [-0.05, 0) is 32.3 Å². The van der Waals surface area contributed by atoms with Gasteiger partial charge in [-0.3, -0.25) is 9.89 Å². The average Bonchev–Trinajstić information content (AvgIpc) is 3.07. The van der Waals surface area contributed by atoms with Gasteiger partial charge in [0.15, 0.2) is 0 Å². The third-order valence-electron chi connectivity index (χ3n) is 2.80. The molecule has 2 rings (SSSR count). The first-order valence-electron chi connectivity index (χ1n) is 6.22. The van der Waals surface area contributed by atoms with Gasteiger partial charge in [-0.1, -0.05) is 0 Å². The van der Waals surface area contributed by atoms with Crippen LogP contribution in [0, 0.1) is 0 Å². The Morgan fingerprint density at radius 3 is 3.18 bits per heavy atom. The van der Waals surface area contributed by atoms with Crippen LogP contribution in [0.4, 0.5) is 0 Å². The maximum absolute atomic E-state index is 11.7. The molecule has 1 aromatic heterocycles. The monoisotopic (exact) mass is 237 g/mol. The topological polar surface area (TPSA) is 67.0 Å². The highest BCUT2D eigenvalue weighted by atomic mass is 16.5. The Hall–Kier alpha value is -1.36. The largest absolute Gasteiger partial charge is 0.382 e. The maximum atomic E-state index is 11.7. The molecule has 0 unspecified atom stereocenters. The summed E-state index contributed by atoms with van der Waals surface area (Å²) in [5.41, 5.74) is 1.58. The predicted octanol–water partition coefficient (Wildman–Crippen LogP) is 1.44. The third-order valence-corrected chi connectivity index (χ3v) is 2.80. The van der Waals surface area contributed by atoms with Crippen LogP contribution in [0.2, 0.25) is 0 Å². The number of nitrogens with one attached hydrogen (secondary N) is 2. The summed E-state index contributed by atoms with van der Waals surface area (Å²) in [4.78, 5) is 11.7. The average molecular weight is 237 g/mol. The summed E-state index contributed by atoms with van der Waals surface area (Å²) in [5.74, 6) is 0.492. The first kappa shape index (κ1) is 12.1. The van der Waals surface area contributed by atoms with Crippen LogP contribution in [-0.2, 0) is 4.74 Å². The van der Waals surface area contributed by atoms with Gasteiger partial charge in [0.25, 0.3) is 5.91 Å². The standard InChI is InChI=1S/C12H19N3O2/c1-2-17-7-3-6-13-12(16)11-8-10(14-15-11)9-4-5-9/h8-9H,2-7H2,1H3,(H,13,16)(H,14,15). The second kappa shape index (κ2) is 5.82. The summed E-state index contributed by atoms with van der Waals surface area (Å²) in [7, 11) is 0. The van der Waals surface area contributed by atoms with Gasteiger partial charge in [0.1, 0.15) is 5.69 Å². The maximum Gasteiger partial charge on any atom is 0.271 e. The number of H-pyrrole nitrogens is 1. The molecule has 1 fully saturated rings. The Morgan fingerprint density at radius 2 is 2.47 bits per heavy atom. The van der Waals surface area contributed by atoms with Crippen LogP contribution >= 0.6 is 0 Å². The first-order chi connectivity index (χ1) is 8.31. The van der Waals surface area contributed by atoms with Crippen LogP contribution in [-0.4, -0.2) is 35.9 Å². The van der Waals surface area contributed by atoms with Crippen molar-refractivity contribution in [2.75, 3.05) is 19.8 Å². The molecule has 1 aliphatic rings. The van der Waals surface area contributed by atoms with Crippen molar-refractivity contribution in [2.45, 2.75) is 32.1 Å². The lowest BCUT2D eigenvalue weighted by molar-refractivity contribution is 0.0939. The smallest absolute Gasteiger partial charge is 0.271 e. The number of aromatic nitrogens is 2. The number of carbonyl (C=O) groups is 1. The molecule has 0 bridgehead atoms. The van der Waals surface area contributed by atoms with E-state index in [4.69, 9.17) is 4.74 Å². The Balaban J connectivity index is 1.70. The van der Waals surface area contributed by atoms with Crippen LogP contribution in [0.25, 0.3) is 0 Å². The van der Waals surface area contributed by atoms with Crippen LogP contribution in [0.3, 0.4) is 0 Å². The second-order valence-corrected chi connectivity index (χ2v) is 4.29. The molecular formula is C12H19N3O2. The zero-order valence-corrected chi connectivity index (χ0v) is 10.2. The number of nitrogens with zero attached hydrogens (tertiary/aromatic N) is 1. The van der Waals surface area contributed by atoms with Crippen LogP contribution < -0.4 is 5.32 Å². The summed E-state index contributed by atoms with van der Waals surface area (Å²) in [5, 5.41) is 9.78. The van der Waals surface area contributed by atoms with Crippen LogP contribution in [0.5, 0.6) is 0 Å². The lowest BCUT2D eigenvalue weighted by Gasteiger charge is -2.02. The molecular weight excluding hydrogens is 218 g/mol. The molecule has 1 amide bonds. The van der Waals surface area contributed by atoms with Crippen molar-refractivity contribution >= 4 is 5.91 Å². The highest BCUT2D eigenvalue weighted by Gasteiger charge is 2.26. The lowest BCUT2D eigenvalue weighted by Crippen LogP contribution is -2.25. The molecule has 0 spiro atoms. The fraction of sp³-hybridized carbons (Fsp3) is 0.667. The van der Waals surface area contributed by atoms with Gasteiger partial charge >= 0.3 is 0 Å². The summed E-state index contributed by atoms with van der Waals surface area (Å²) in [6.07, 6.45) is 3.24. The third kappa shape index (κ3) is 3.56. The van der Waals surface area contributed by atoms with Crippen molar-refractivity contribution in [3.63, 3.8) is 0 Å². The van der Waals surface area contributed by atoms with Crippen molar-refractivity contribution < 1.29 is 9.53 Å². The van der Waals surface area contributed by atoms with E-state index in [1.54, 1.807) is 0 Å². The number of aromatic amines is 1. The molecule has 1 aromatic rings. The van der Waals surface area contributed by atoms with E-state index in [9.17, 15) is 4.79 Å². The van der Waals surface area contributed by atoms with Crippen molar-refractivity contribution in [2.24, 2.45) is 0 Å². The van der Waals surface area contributed by atoms with E-state index >= 15 is 0 Å². The van der Waals surface area contributed by atoms with E-state index in [0.717, 1.165) is 18.7 Å². The lowest BCUT2D eigenvalue weighted by atomic mass is 10.2. The van der Waals surface area contributed by atoms with Gasteiger partial charge in [0.05, 0.1) is 0 Å². The number of hydrogen-bond donors (Lipinski definition) is 2. The van der Waals surface area contributed by atoms with Gasteiger partial charge in [-0.2, -0.15) is 5.10 Å². The molecule has 17 heavy (non-hydrogen) atoms. The van der Waals surface area contributed by atoms with Crippen LogP contribution in [0.15, 0.2) is 6.07 Å². The van der Waals surface area contributed by atoms with E-state index in [0.29, 0.717) is 24.8 Å². The minimum absolute atomic E-state index is 0.107.